The van der Waals surface area contributed by atoms with Crippen molar-refractivity contribution in [2.45, 2.75) is 19.1 Å². The third kappa shape index (κ3) is 3.30. The molecule has 0 saturated carbocycles. The van der Waals surface area contributed by atoms with Crippen molar-refractivity contribution < 1.29 is 13.9 Å². The second-order valence-corrected chi connectivity index (χ2v) is 7.73. The number of nitrogens with zero attached hydrogens (tertiary/aromatic N) is 6. The molecule has 1 aromatic carbocycles. The van der Waals surface area contributed by atoms with E-state index in [0.29, 0.717) is 36.9 Å². The van der Waals surface area contributed by atoms with E-state index < -0.39 is 6.09 Å². The summed E-state index contributed by atoms with van der Waals surface area (Å²) >= 11 is 0. The number of hydrogen-bond donors (Lipinski definition) is 0. The Hall–Kier alpha value is -3.67. The standard InChI is InChI=1S/C21H19FN6O2/c22-19-9-17(28-13-18(30-21(28)29)12-27-6-5-24-25-27)1-2-20(19)26-10-15-7-14(3-4-23)8-16(15)11-26/h1-3,5-7,9,16,18H,8,10-13H2/t16?,18-/m0/s1. The number of benzene rings is 1. The first-order chi connectivity index (χ1) is 14.6. The first-order valence-electron chi connectivity index (χ1n) is 9.76. The SMILES string of the molecule is N#CC=C1C=C2CN(c3ccc(N4C[C@H](Cn5ccnn5)OC4=O)cc3F)CC2C1. The van der Waals surface area contributed by atoms with Crippen LogP contribution in [0, 0.1) is 23.1 Å². The molecule has 2 saturated heterocycles. The number of amides is 1. The number of rotatable bonds is 4. The average Bonchev–Trinajstić information content (AvgIpc) is 3.47. The van der Waals surface area contributed by atoms with E-state index in [4.69, 9.17) is 10.00 Å². The largest absolute Gasteiger partial charge is 0.442 e. The molecule has 30 heavy (non-hydrogen) atoms. The molecule has 1 aliphatic carbocycles. The zero-order chi connectivity index (χ0) is 20.7. The fourth-order valence-electron chi connectivity index (χ4n) is 4.39. The van der Waals surface area contributed by atoms with Gasteiger partial charge in [0.15, 0.2) is 0 Å². The molecule has 0 spiro atoms. The van der Waals surface area contributed by atoms with Gasteiger partial charge in [-0.2, -0.15) is 5.26 Å². The van der Waals surface area contributed by atoms with Crippen LogP contribution in [-0.4, -0.2) is 46.8 Å². The van der Waals surface area contributed by atoms with E-state index in [9.17, 15) is 9.18 Å². The number of hydrogen-bond acceptors (Lipinski definition) is 6. The maximum atomic E-state index is 14.9. The van der Waals surface area contributed by atoms with Gasteiger partial charge in [-0.3, -0.25) is 4.90 Å². The molecular formula is C21H19FN6O2. The lowest BCUT2D eigenvalue weighted by molar-refractivity contribution is 0.129. The minimum absolute atomic E-state index is 0.324. The van der Waals surface area contributed by atoms with Crippen molar-refractivity contribution in [1.82, 2.24) is 15.0 Å². The molecule has 3 heterocycles. The number of carbonyl (C=O) groups excluding carboxylic acids is 1. The van der Waals surface area contributed by atoms with E-state index in [-0.39, 0.29) is 11.9 Å². The summed E-state index contributed by atoms with van der Waals surface area (Å²) in [6.07, 6.45) is 6.85. The molecule has 2 atom stereocenters. The Kier molecular flexibility index (Phi) is 4.47. The highest BCUT2D eigenvalue weighted by Gasteiger charge is 2.35. The summed E-state index contributed by atoms with van der Waals surface area (Å²) in [6.45, 7) is 2.09. The molecule has 3 aliphatic rings. The van der Waals surface area contributed by atoms with Gasteiger partial charge >= 0.3 is 6.09 Å². The molecule has 9 heteroatoms. The van der Waals surface area contributed by atoms with Gasteiger partial charge in [-0.15, -0.1) is 5.10 Å². The second kappa shape index (κ2) is 7.30. The van der Waals surface area contributed by atoms with Crippen molar-refractivity contribution in [2.24, 2.45) is 5.92 Å². The highest BCUT2D eigenvalue weighted by atomic mass is 19.1. The molecule has 2 aromatic rings. The van der Waals surface area contributed by atoms with Crippen molar-refractivity contribution >= 4 is 17.5 Å². The van der Waals surface area contributed by atoms with E-state index in [1.165, 1.54) is 16.5 Å². The Balaban J connectivity index is 1.29. The highest BCUT2D eigenvalue weighted by Crippen LogP contribution is 2.39. The summed E-state index contributed by atoms with van der Waals surface area (Å²) in [5.74, 6) is -0.0387. The predicted octanol–water partition coefficient (Wildman–Crippen LogP) is 2.66. The quantitative estimate of drug-likeness (QED) is 0.726. The topological polar surface area (TPSA) is 87.3 Å². The summed E-state index contributed by atoms with van der Waals surface area (Å²) in [7, 11) is 0. The zero-order valence-electron chi connectivity index (χ0n) is 16.1. The van der Waals surface area contributed by atoms with Crippen LogP contribution in [0.4, 0.5) is 20.6 Å². The molecule has 0 bridgehead atoms. The fourth-order valence-corrected chi connectivity index (χ4v) is 4.39. The van der Waals surface area contributed by atoms with E-state index in [1.54, 1.807) is 35.3 Å². The Morgan fingerprint density at radius 2 is 2.27 bits per heavy atom. The van der Waals surface area contributed by atoms with Gasteiger partial charge in [0.25, 0.3) is 0 Å². The zero-order valence-corrected chi connectivity index (χ0v) is 16.1. The number of carbonyl (C=O) groups is 1. The summed E-state index contributed by atoms with van der Waals surface area (Å²) in [5.41, 5.74) is 3.27. The van der Waals surface area contributed by atoms with Gasteiger partial charge < -0.3 is 9.64 Å². The van der Waals surface area contributed by atoms with Crippen molar-refractivity contribution in [3.8, 4) is 6.07 Å². The van der Waals surface area contributed by atoms with Crippen molar-refractivity contribution in [1.29, 1.82) is 5.26 Å². The van der Waals surface area contributed by atoms with Crippen LogP contribution in [0.2, 0.25) is 0 Å². The molecular weight excluding hydrogens is 387 g/mol. The van der Waals surface area contributed by atoms with Crippen LogP contribution in [0.15, 0.2) is 53.9 Å². The van der Waals surface area contributed by atoms with Gasteiger partial charge in [-0.25, -0.2) is 13.9 Å². The molecule has 8 nitrogen and oxygen atoms in total. The Labute approximate surface area is 172 Å². The van der Waals surface area contributed by atoms with Crippen LogP contribution < -0.4 is 9.80 Å². The van der Waals surface area contributed by atoms with E-state index in [0.717, 1.165) is 18.5 Å². The third-order valence-electron chi connectivity index (χ3n) is 5.76. The first kappa shape index (κ1) is 18.4. The molecule has 152 valence electrons. The van der Waals surface area contributed by atoms with Crippen molar-refractivity contribution in [3.63, 3.8) is 0 Å². The van der Waals surface area contributed by atoms with Gasteiger partial charge in [0.1, 0.15) is 11.9 Å². The van der Waals surface area contributed by atoms with Crippen LogP contribution in [0.1, 0.15) is 6.42 Å². The summed E-state index contributed by atoms with van der Waals surface area (Å²) in [5, 5.41) is 16.4. The molecule has 2 fully saturated rings. The van der Waals surface area contributed by atoms with Crippen LogP contribution in [0.5, 0.6) is 0 Å². The molecule has 2 aliphatic heterocycles. The van der Waals surface area contributed by atoms with Crippen LogP contribution in [0.25, 0.3) is 0 Å². The van der Waals surface area contributed by atoms with Crippen LogP contribution in [-0.2, 0) is 11.3 Å². The number of nitriles is 1. The Morgan fingerprint density at radius 1 is 1.37 bits per heavy atom. The lowest BCUT2D eigenvalue weighted by atomic mass is 10.1. The van der Waals surface area contributed by atoms with Gasteiger partial charge in [0.2, 0.25) is 0 Å². The minimum Gasteiger partial charge on any atom is -0.442 e. The van der Waals surface area contributed by atoms with Crippen molar-refractivity contribution in [3.05, 3.63) is 59.7 Å². The molecule has 0 N–H and O–H groups in total. The van der Waals surface area contributed by atoms with Gasteiger partial charge in [0.05, 0.1) is 36.7 Å². The molecule has 5 rings (SSSR count). The van der Waals surface area contributed by atoms with Crippen molar-refractivity contribution in [2.75, 3.05) is 29.4 Å². The molecule has 1 unspecified atom stereocenters. The van der Waals surface area contributed by atoms with E-state index >= 15 is 0 Å². The summed E-state index contributed by atoms with van der Waals surface area (Å²) in [4.78, 5) is 15.7. The molecule has 1 amide bonds. The van der Waals surface area contributed by atoms with E-state index in [2.05, 4.69) is 22.5 Å². The number of fused-ring (bicyclic) bond motifs is 1. The normalized spacial score (nSPS) is 24.2. The molecule has 0 radical (unpaired) electrons. The van der Waals surface area contributed by atoms with Crippen LogP contribution >= 0.6 is 0 Å². The number of cyclic esters (lactones) is 1. The lowest BCUT2D eigenvalue weighted by Crippen LogP contribution is -2.26. The number of allylic oxidation sites excluding steroid dienone is 3. The predicted molar refractivity (Wildman–Crippen MR) is 106 cm³/mol. The summed E-state index contributed by atoms with van der Waals surface area (Å²) in [6, 6.07) is 6.93. The first-order valence-corrected chi connectivity index (χ1v) is 9.76. The number of anilines is 2. The highest BCUT2D eigenvalue weighted by molar-refractivity contribution is 5.90. The Bertz CT molecular complexity index is 1090. The van der Waals surface area contributed by atoms with Gasteiger partial charge in [-0.05, 0) is 35.8 Å². The number of aromatic nitrogens is 3. The maximum absolute atomic E-state index is 14.9. The van der Waals surface area contributed by atoms with Gasteiger partial charge in [0, 0.05) is 31.3 Å². The monoisotopic (exact) mass is 406 g/mol. The lowest BCUT2D eigenvalue weighted by Gasteiger charge is -2.21. The maximum Gasteiger partial charge on any atom is 0.414 e. The number of halogens is 1. The number of ether oxygens (including phenoxy) is 1. The third-order valence-corrected chi connectivity index (χ3v) is 5.76. The van der Waals surface area contributed by atoms with E-state index in [1.807, 2.05) is 4.90 Å². The fraction of sp³-hybridized carbons (Fsp3) is 0.333. The van der Waals surface area contributed by atoms with Gasteiger partial charge in [-0.1, -0.05) is 11.3 Å². The Morgan fingerprint density at radius 3 is 3.00 bits per heavy atom. The second-order valence-electron chi connectivity index (χ2n) is 7.73. The molecule has 1 aromatic heterocycles. The minimum atomic E-state index is -0.495. The average molecular weight is 406 g/mol. The summed E-state index contributed by atoms with van der Waals surface area (Å²) < 4.78 is 21.9. The smallest absolute Gasteiger partial charge is 0.414 e. The van der Waals surface area contributed by atoms with Crippen LogP contribution in [0.3, 0.4) is 0 Å².